The van der Waals surface area contributed by atoms with Crippen LogP contribution in [0.2, 0.25) is 0 Å². The van der Waals surface area contributed by atoms with Crippen LogP contribution < -0.4 is 14.7 Å². The molecular formula is C34H38F6N4O4. The zero-order valence-corrected chi connectivity index (χ0v) is 27.4. The molecule has 0 spiro atoms. The van der Waals surface area contributed by atoms with E-state index in [-0.39, 0.29) is 24.6 Å². The zero-order valence-electron chi connectivity index (χ0n) is 27.4. The number of alkyl halides is 6. The van der Waals surface area contributed by atoms with E-state index in [4.69, 9.17) is 4.74 Å². The molecule has 48 heavy (non-hydrogen) atoms. The van der Waals surface area contributed by atoms with E-state index in [1.54, 1.807) is 54.4 Å². The van der Waals surface area contributed by atoms with Crippen molar-refractivity contribution in [2.24, 2.45) is 5.41 Å². The molecule has 0 saturated carbocycles. The molecule has 3 aromatic rings. The van der Waals surface area contributed by atoms with Gasteiger partial charge in [-0.15, -0.1) is 0 Å². The average molecular weight is 681 g/mol. The average Bonchev–Trinajstić information content (AvgIpc) is 3.00. The van der Waals surface area contributed by atoms with Crippen LogP contribution in [0.3, 0.4) is 0 Å². The second kappa shape index (κ2) is 13.6. The second-order valence-electron chi connectivity index (χ2n) is 12.8. The fourth-order valence-electron chi connectivity index (χ4n) is 5.58. The summed E-state index contributed by atoms with van der Waals surface area (Å²) in [7, 11) is 3.60. The highest BCUT2D eigenvalue weighted by Gasteiger charge is 2.41. The van der Waals surface area contributed by atoms with Gasteiger partial charge in [-0.3, -0.25) is 9.69 Å². The third-order valence-corrected chi connectivity index (χ3v) is 8.38. The number of amides is 1. The lowest BCUT2D eigenvalue weighted by Gasteiger charge is -2.44. The minimum atomic E-state index is -5.02. The number of fused-ring (bicyclic) bond motifs is 1. The normalized spacial score (nSPS) is 16.7. The Balaban J connectivity index is 1.87. The minimum absolute atomic E-state index is 0.0967. The Morgan fingerprint density at radius 3 is 2.10 bits per heavy atom. The van der Waals surface area contributed by atoms with Crippen molar-refractivity contribution in [1.29, 1.82) is 0 Å². The van der Waals surface area contributed by atoms with Crippen LogP contribution in [0.25, 0.3) is 0 Å². The predicted octanol–water partition coefficient (Wildman–Crippen LogP) is 8.48. The van der Waals surface area contributed by atoms with Crippen molar-refractivity contribution in [2.75, 3.05) is 35.4 Å². The van der Waals surface area contributed by atoms with E-state index in [1.807, 2.05) is 19.9 Å². The number of carbonyl (C=O) groups excluding carboxylic acids is 1. The number of aliphatic carboxylic acids is 1. The number of carbonyl (C=O) groups is 2. The second-order valence-corrected chi connectivity index (χ2v) is 12.8. The lowest BCUT2D eigenvalue weighted by Crippen LogP contribution is -2.48. The number of anilines is 3. The molecule has 2 heterocycles. The Hall–Kier alpha value is -4.49. The summed E-state index contributed by atoms with van der Waals surface area (Å²) in [4.78, 5) is 34.7. The van der Waals surface area contributed by atoms with Crippen molar-refractivity contribution in [2.45, 2.75) is 71.5 Å². The monoisotopic (exact) mass is 680 g/mol. The number of hydrogen-bond acceptors (Lipinski definition) is 6. The van der Waals surface area contributed by atoms with E-state index in [1.165, 1.54) is 18.7 Å². The van der Waals surface area contributed by atoms with Gasteiger partial charge in [0, 0.05) is 26.7 Å². The largest absolute Gasteiger partial charge is 0.481 e. The summed E-state index contributed by atoms with van der Waals surface area (Å²) in [5.74, 6) is -0.845. The summed E-state index contributed by atoms with van der Waals surface area (Å²) in [5, 5.41) is 9.50. The number of hydrogen-bond donors (Lipinski definition) is 1. The van der Waals surface area contributed by atoms with Crippen LogP contribution in [0.4, 0.5) is 48.3 Å². The molecule has 14 heteroatoms. The van der Waals surface area contributed by atoms with Crippen molar-refractivity contribution in [1.82, 2.24) is 4.98 Å². The Morgan fingerprint density at radius 1 is 0.979 bits per heavy atom. The zero-order chi connectivity index (χ0) is 35.8. The highest BCUT2D eigenvalue weighted by Crippen LogP contribution is 2.45. The maximum atomic E-state index is 13.8. The SMILES string of the molecule is CC[C@@H]1C[C@H](N(Cc2cc(C(F)(F)F)cc(C(F)(F)F)c2)c2ccc(N(C)C)cn2)c2cc(C)ccc2N1C(=O)OCC(C)(C)C(=O)O. The van der Waals surface area contributed by atoms with E-state index in [0.717, 1.165) is 11.3 Å². The Bertz CT molecular complexity index is 1610. The molecular weight excluding hydrogens is 642 g/mol. The first kappa shape index (κ1) is 36.3. The molecule has 8 nitrogen and oxygen atoms in total. The van der Waals surface area contributed by atoms with Gasteiger partial charge >= 0.3 is 24.4 Å². The van der Waals surface area contributed by atoms with E-state index in [0.29, 0.717) is 35.6 Å². The Morgan fingerprint density at radius 2 is 1.60 bits per heavy atom. The molecule has 1 amide bonds. The lowest BCUT2D eigenvalue weighted by atomic mass is 9.87. The fraction of sp³-hybridized carbons (Fsp3) is 0.441. The van der Waals surface area contributed by atoms with Crippen molar-refractivity contribution < 1.29 is 45.8 Å². The molecule has 0 unspecified atom stereocenters. The van der Waals surface area contributed by atoms with E-state index >= 15 is 0 Å². The molecule has 1 N–H and O–H groups in total. The smallest absolute Gasteiger partial charge is 0.416 e. The summed E-state index contributed by atoms with van der Waals surface area (Å²) in [6.45, 7) is 5.73. The Kier molecular flexibility index (Phi) is 10.3. The van der Waals surface area contributed by atoms with E-state index in [9.17, 15) is 41.0 Å². The first-order valence-electron chi connectivity index (χ1n) is 15.2. The molecule has 2 aromatic carbocycles. The van der Waals surface area contributed by atoms with E-state index in [2.05, 4.69) is 4.98 Å². The number of halogens is 6. The van der Waals surface area contributed by atoms with Crippen molar-refractivity contribution >= 4 is 29.3 Å². The number of benzene rings is 2. The van der Waals surface area contributed by atoms with Crippen LogP contribution in [0.5, 0.6) is 0 Å². The van der Waals surface area contributed by atoms with Crippen LogP contribution in [0, 0.1) is 12.3 Å². The van der Waals surface area contributed by atoms with Gasteiger partial charge in [-0.1, -0.05) is 24.6 Å². The number of ether oxygens (including phenoxy) is 1. The number of carboxylic acids is 1. The van der Waals surface area contributed by atoms with Gasteiger partial charge in [0.1, 0.15) is 12.4 Å². The number of pyridine rings is 1. The standard InChI is InChI=1S/C34H38F6N4O4/c1-7-24-16-28(26-12-20(2)8-10-27(26)44(24)31(47)48-19-32(3,4)30(45)46)43(29-11-9-25(17-41-29)42(5)6)18-21-13-22(33(35,36)37)15-23(14-21)34(38,39)40/h8-15,17,24,28H,7,16,18-19H2,1-6H3,(H,45,46)/t24-,28+/m1/s1. The quantitative estimate of drug-likeness (QED) is 0.227. The molecule has 1 aromatic heterocycles. The third kappa shape index (κ3) is 7.96. The molecule has 0 fully saturated rings. The van der Waals surface area contributed by atoms with Crippen LogP contribution >= 0.6 is 0 Å². The fourth-order valence-corrected chi connectivity index (χ4v) is 5.58. The number of aromatic nitrogens is 1. The molecule has 0 aliphatic carbocycles. The topological polar surface area (TPSA) is 86.2 Å². The van der Waals surface area contributed by atoms with Crippen molar-refractivity contribution in [3.8, 4) is 0 Å². The lowest BCUT2D eigenvalue weighted by molar-refractivity contribution is -0.149. The highest BCUT2D eigenvalue weighted by atomic mass is 19.4. The number of aryl methyl sites for hydroxylation is 1. The number of rotatable bonds is 9. The van der Waals surface area contributed by atoms with Crippen molar-refractivity contribution in [3.63, 3.8) is 0 Å². The van der Waals surface area contributed by atoms with Gasteiger partial charge in [-0.25, -0.2) is 9.78 Å². The Labute approximate surface area is 274 Å². The van der Waals surface area contributed by atoms with Gasteiger partial charge in [-0.2, -0.15) is 26.3 Å². The maximum Gasteiger partial charge on any atom is 0.416 e. The summed E-state index contributed by atoms with van der Waals surface area (Å²) in [6, 6.07) is 9.02. The van der Waals surface area contributed by atoms with Crippen LogP contribution in [0.15, 0.2) is 54.7 Å². The van der Waals surface area contributed by atoms with Crippen molar-refractivity contribution in [3.05, 3.63) is 82.5 Å². The van der Waals surface area contributed by atoms with Crippen LogP contribution in [-0.4, -0.2) is 48.9 Å². The first-order chi connectivity index (χ1) is 22.2. The number of carboxylic acid groups (broad SMARTS) is 1. The molecule has 1 aliphatic heterocycles. The van der Waals surface area contributed by atoms with Crippen LogP contribution in [-0.2, 0) is 28.4 Å². The molecule has 260 valence electrons. The van der Waals surface area contributed by atoms with Gasteiger partial charge in [0.15, 0.2) is 0 Å². The molecule has 0 bridgehead atoms. The molecule has 0 radical (unpaired) electrons. The van der Waals surface area contributed by atoms with Gasteiger partial charge in [0.2, 0.25) is 0 Å². The molecule has 4 rings (SSSR count). The van der Waals surface area contributed by atoms with E-state index < -0.39 is 59.6 Å². The maximum absolute atomic E-state index is 13.8. The van der Waals surface area contributed by atoms with Gasteiger partial charge in [0.25, 0.3) is 0 Å². The summed E-state index contributed by atoms with van der Waals surface area (Å²) in [5.41, 5.74) is -1.90. The van der Waals surface area contributed by atoms with Gasteiger partial charge < -0.3 is 19.6 Å². The molecule has 2 atom stereocenters. The number of nitrogens with zero attached hydrogens (tertiary/aromatic N) is 4. The highest BCUT2D eigenvalue weighted by molar-refractivity contribution is 5.91. The minimum Gasteiger partial charge on any atom is -0.481 e. The van der Waals surface area contributed by atoms with Gasteiger partial charge in [0.05, 0.1) is 40.2 Å². The molecule has 1 aliphatic rings. The van der Waals surface area contributed by atoms with Crippen LogP contribution in [0.1, 0.15) is 67.5 Å². The summed E-state index contributed by atoms with van der Waals surface area (Å²) < 4.78 is 88.5. The first-order valence-corrected chi connectivity index (χ1v) is 15.2. The molecule has 0 saturated heterocycles. The third-order valence-electron chi connectivity index (χ3n) is 8.38. The summed E-state index contributed by atoms with van der Waals surface area (Å²) in [6.07, 6.45) is -8.64. The predicted molar refractivity (Wildman–Crippen MR) is 169 cm³/mol. The van der Waals surface area contributed by atoms with Gasteiger partial charge in [-0.05, 0) is 81.1 Å². The summed E-state index contributed by atoms with van der Waals surface area (Å²) >= 11 is 0.